The fraction of sp³-hybridized carbons (Fsp3) is 0.350. The van der Waals surface area contributed by atoms with Gasteiger partial charge in [0, 0.05) is 5.56 Å². The van der Waals surface area contributed by atoms with Gasteiger partial charge in [-0.2, -0.15) is 0 Å². The molecule has 134 valence electrons. The lowest BCUT2D eigenvalue weighted by molar-refractivity contribution is 0.112. The van der Waals surface area contributed by atoms with E-state index >= 15 is 0 Å². The molecular weight excluding hydrogens is 340 g/mol. The number of ether oxygens (including phenoxy) is 3. The summed E-state index contributed by atoms with van der Waals surface area (Å²) in [5, 5.41) is 0.343. The molecule has 0 aliphatic carbocycles. The van der Waals surface area contributed by atoms with Crippen molar-refractivity contribution in [3.05, 3.63) is 51.5 Å². The van der Waals surface area contributed by atoms with E-state index in [1.54, 1.807) is 12.1 Å². The smallest absolute Gasteiger partial charge is 0.179 e. The van der Waals surface area contributed by atoms with Crippen LogP contribution in [0.4, 0.5) is 0 Å². The molecule has 2 aromatic carbocycles. The number of rotatable bonds is 8. The van der Waals surface area contributed by atoms with Crippen molar-refractivity contribution >= 4 is 17.9 Å². The van der Waals surface area contributed by atoms with Crippen LogP contribution in [0.3, 0.4) is 0 Å². The summed E-state index contributed by atoms with van der Waals surface area (Å²) in [7, 11) is 0. The summed E-state index contributed by atoms with van der Waals surface area (Å²) < 4.78 is 17.1. The molecule has 2 rings (SSSR count). The van der Waals surface area contributed by atoms with Crippen LogP contribution in [0.15, 0.2) is 24.3 Å². The molecule has 0 spiro atoms. The van der Waals surface area contributed by atoms with Gasteiger partial charge in [0.2, 0.25) is 0 Å². The molecule has 0 radical (unpaired) electrons. The van der Waals surface area contributed by atoms with E-state index in [1.807, 2.05) is 26.8 Å². The Kier molecular flexibility index (Phi) is 6.71. The Hall–Kier alpha value is -2.20. The lowest BCUT2D eigenvalue weighted by atomic mass is 10.1. The molecule has 5 heteroatoms. The van der Waals surface area contributed by atoms with E-state index in [9.17, 15) is 4.79 Å². The predicted molar refractivity (Wildman–Crippen MR) is 99.7 cm³/mol. The van der Waals surface area contributed by atoms with Crippen molar-refractivity contribution in [2.75, 3.05) is 19.8 Å². The lowest BCUT2D eigenvalue weighted by Crippen LogP contribution is -2.11. The Morgan fingerprint density at radius 3 is 2.36 bits per heavy atom. The number of benzene rings is 2. The van der Waals surface area contributed by atoms with Crippen LogP contribution in [0.2, 0.25) is 5.02 Å². The summed E-state index contributed by atoms with van der Waals surface area (Å²) in [6.07, 6.45) is 0.726. The second-order valence-corrected chi connectivity index (χ2v) is 6.19. The number of aryl methyl sites for hydroxylation is 2. The van der Waals surface area contributed by atoms with Crippen LogP contribution in [-0.4, -0.2) is 26.1 Å². The van der Waals surface area contributed by atoms with Gasteiger partial charge in [0.05, 0.1) is 11.6 Å². The molecule has 0 fully saturated rings. The summed E-state index contributed by atoms with van der Waals surface area (Å²) in [6.45, 7) is 9.14. The van der Waals surface area contributed by atoms with Crippen molar-refractivity contribution in [3.8, 4) is 17.2 Å². The maximum absolute atomic E-state index is 11.0. The number of carbonyl (C=O) groups excluding carboxylic acids is 1. The van der Waals surface area contributed by atoms with E-state index in [4.69, 9.17) is 25.8 Å². The van der Waals surface area contributed by atoms with Gasteiger partial charge < -0.3 is 14.2 Å². The second-order valence-electron chi connectivity index (χ2n) is 5.78. The Morgan fingerprint density at radius 1 is 0.960 bits per heavy atom. The van der Waals surface area contributed by atoms with Crippen molar-refractivity contribution < 1.29 is 19.0 Å². The van der Waals surface area contributed by atoms with Crippen LogP contribution in [0.5, 0.6) is 17.2 Å². The average Bonchev–Trinajstić information content (AvgIpc) is 2.57. The largest absolute Gasteiger partial charge is 0.490 e. The van der Waals surface area contributed by atoms with E-state index in [1.165, 1.54) is 5.56 Å². The Labute approximate surface area is 153 Å². The van der Waals surface area contributed by atoms with E-state index in [2.05, 4.69) is 13.0 Å². The normalized spacial score (nSPS) is 10.4. The topological polar surface area (TPSA) is 44.8 Å². The molecule has 0 N–H and O–H groups in total. The molecule has 0 aliphatic heterocycles. The van der Waals surface area contributed by atoms with E-state index in [0.717, 1.165) is 23.2 Å². The van der Waals surface area contributed by atoms with Crippen LogP contribution in [0.25, 0.3) is 0 Å². The third-order valence-corrected chi connectivity index (χ3v) is 4.10. The highest BCUT2D eigenvalue weighted by molar-refractivity contribution is 6.32. The number of carbonyl (C=O) groups is 1. The van der Waals surface area contributed by atoms with Crippen LogP contribution < -0.4 is 14.2 Å². The fourth-order valence-corrected chi connectivity index (χ4v) is 2.78. The summed E-state index contributed by atoms with van der Waals surface area (Å²) in [5.74, 6) is 1.74. The second kappa shape index (κ2) is 8.77. The molecule has 0 aliphatic rings. The maximum atomic E-state index is 11.0. The highest BCUT2D eigenvalue weighted by atomic mass is 35.5. The van der Waals surface area contributed by atoms with Crippen molar-refractivity contribution in [1.82, 2.24) is 0 Å². The van der Waals surface area contributed by atoms with Crippen LogP contribution in [-0.2, 0) is 0 Å². The number of halogens is 1. The van der Waals surface area contributed by atoms with Gasteiger partial charge in [-0.3, -0.25) is 4.79 Å². The molecule has 2 aromatic rings. The molecule has 25 heavy (non-hydrogen) atoms. The van der Waals surface area contributed by atoms with E-state index in [0.29, 0.717) is 41.9 Å². The maximum Gasteiger partial charge on any atom is 0.179 e. The third-order valence-electron chi connectivity index (χ3n) is 3.82. The van der Waals surface area contributed by atoms with Crippen LogP contribution >= 0.6 is 11.6 Å². The summed E-state index contributed by atoms with van der Waals surface area (Å²) in [5.41, 5.74) is 3.92. The molecule has 0 bridgehead atoms. The first-order chi connectivity index (χ1) is 12.0. The van der Waals surface area contributed by atoms with Gasteiger partial charge in [-0.15, -0.1) is 0 Å². The first-order valence-corrected chi connectivity index (χ1v) is 8.59. The highest BCUT2D eigenvalue weighted by Crippen LogP contribution is 2.36. The minimum absolute atomic E-state index is 0.312. The van der Waals surface area contributed by atoms with Crippen LogP contribution in [0, 0.1) is 20.8 Å². The van der Waals surface area contributed by atoms with Crippen LogP contribution in [0.1, 0.15) is 34.0 Å². The average molecular weight is 363 g/mol. The van der Waals surface area contributed by atoms with Gasteiger partial charge in [0.15, 0.2) is 11.5 Å². The van der Waals surface area contributed by atoms with Crippen molar-refractivity contribution in [2.24, 2.45) is 0 Å². The van der Waals surface area contributed by atoms with Crippen molar-refractivity contribution in [3.63, 3.8) is 0 Å². The zero-order chi connectivity index (χ0) is 18.4. The summed E-state index contributed by atoms with van der Waals surface area (Å²) in [6, 6.07) is 7.31. The Bertz CT molecular complexity index is 756. The van der Waals surface area contributed by atoms with Crippen molar-refractivity contribution in [2.45, 2.75) is 27.7 Å². The molecule has 0 heterocycles. The monoisotopic (exact) mass is 362 g/mol. The van der Waals surface area contributed by atoms with Crippen molar-refractivity contribution in [1.29, 1.82) is 0 Å². The highest BCUT2D eigenvalue weighted by Gasteiger charge is 2.13. The first kappa shape index (κ1) is 19.1. The van der Waals surface area contributed by atoms with Gasteiger partial charge in [-0.25, -0.2) is 0 Å². The zero-order valence-corrected chi connectivity index (χ0v) is 15.8. The molecule has 0 saturated heterocycles. The molecular formula is C20H23ClO4. The van der Waals surface area contributed by atoms with Gasteiger partial charge in [0.25, 0.3) is 0 Å². The molecule has 0 aromatic heterocycles. The van der Waals surface area contributed by atoms with Gasteiger partial charge in [-0.1, -0.05) is 17.7 Å². The fourth-order valence-electron chi connectivity index (χ4n) is 2.51. The van der Waals surface area contributed by atoms with E-state index in [-0.39, 0.29) is 0 Å². The van der Waals surface area contributed by atoms with Gasteiger partial charge in [0.1, 0.15) is 25.2 Å². The summed E-state index contributed by atoms with van der Waals surface area (Å²) in [4.78, 5) is 11.0. The number of hydrogen-bond acceptors (Lipinski definition) is 4. The first-order valence-electron chi connectivity index (χ1n) is 8.21. The third kappa shape index (κ3) is 4.89. The summed E-state index contributed by atoms with van der Waals surface area (Å²) >= 11 is 6.21. The number of hydrogen-bond donors (Lipinski definition) is 0. The lowest BCUT2D eigenvalue weighted by Gasteiger charge is -2.15. The van der Waals surface area contributed by atoms with Gasteiger partial charge >= 0.3 is 0 Å². The molecule has 0 saturated carbocycles. The Morgan fingerprint density at radius 2 is 1.68 bits per heavy atom. The minimum atomic E-state index is 0.312. The molecule has 0 atom stereocenters. The molecule has 4 nitrogen and oxygen atoms in total. The molecule has 0 unspecified atom stereocenters. The van der Waals surface area contributed by atoms with Gasteiger partial charge in [-0.05, 0) is 62.6 Å². The Balaban J connectivity index is 2.03. The standard InChI is InChI=1S/C20H23ClO4/c1-5-23-19-11-16(12-22)10-17(21)20(19)25-7-6-24-18-9-13(2)8-14(3)15(18)4/h8-12H,5-7H2,1-4H3. The predicted octanol–water partition coefficient (Wildman–Crippen LogP) is 4.93. The quantitative estimate of drug-likeness (QED) is 0.493. The number of aldehydes is 1. The van der Waals surface area contributed by atoms with E-state index < -0.39 is 0 Å². The minimum Gasteiger partial charge on any atom is -0.490 e. The zero-order valence-electron chi connectivity index (χ0n) is 15.0. The molecule has 0 amide bonds. The SMILES string of the molecule is CCOc1cc(C=O)cc(Cl)c1OCCOc1cc(C)cc(C)c1C.